The molecule has 0 bridgehead atoms. The van der Waals surface area contributed by atoms with Crippen molar-refractivity contribution >= 4 is 6.29 Å². The highest BCUT2D eigenvalue weighted by Gasteiger charge is 2.54. The van der Waals surface area contributed by atoms with Gasteiger partial charge < -0.3 is 10.2 Å². The third-order valence-corrected chi connectivity index (χ3v) is 6.95. The minimum atomic E-state index is -0.148. The van der Waals surface area contributed by atoms with Crippen molar-refractivity contribution in [3.63, 3.8) is 0 Å². The number of carbonyl (C=O) groups is 1. The minimum absolute atomic E-state index is 0.0864. The highest BCUT2D eigenvalue weighted by atomic mass is 16.3. The topological polar surface area (TPSA) is 57.5 Å². The summed E-state index contributed by atoms with van der Waals surface area (Å²) in [6.45, 7) is 2.27. The summed E-state index contributed by atoms with van der Waals surface area (Å²) in [5.74, 6) is 1.82. The van der Waals surface area contributed by atoms with Crippen molar-refractivity contribution in [3.05, 3.63) is 28.8 Å². The van der Waals surface area contributed by atoms with Crippen LogP contribution in [0.1, 0.15) is 66.4 Å². The van der Waals surface area contributed by atoms with Crippen LogP contribution >= 0.6 is 0 Å². The maximum absolute atomic E-state index is 11.2. The Morgan fingerprint density at radius 3 is 2.82 bits per heavy atom. The molecule has 0 radical (unpaired) electrons. The number of carbonyl (C=O) groups excluding carboxylic acids is 1. The molecule has 2 fully saturated rings. The predicted molar refractivity (Wildman–Crippen MR) is 84.1 cm³/mol. The molecule has 1 aromatic carbocycles. The zero-order chi connectivity index (χ0) is 15.5. The summed E-state index contributed by atoms with van der Waals surface area (Å²) < 4.78 is 0. The van der Waals surface area contributed by atoms with E-state index in [9.17, 15) is 15.0 Å². The van der Waals surface area contributed by atoms with Crippen molar-refractivity contribution in [2.24, 2.45) is 17.3 Å². The first-order valence-corrected chi connectivity index (χ1v) is 8.53. The summed E-state index contributed by atoms with van der Waals surface area (Å²) in [5.41, 5.74) is 2.99. The monoisotopic (exact) mass is 300 g/mol. The van der Waals surface area contributed by atoms with E-state index in [0.717, 1.165) is 44.8 Å². The van der Waals surface area contributed by atoms with Gasteiger partial charge in [-0.2, -0.15) is 0 Å². The summed E-state index contributed by atoms with van der Waals surface area (Å²) in [5, 5.41) is 20.3. The fraction of sp³-hybridized carbons (Fsp3) is 0.632. The van der Waals surface area contributed by atoms with Gasteiger partial charge in [0.15, 0.2) is 6.29 Å². The molecule has 3 nitrogen and oxygen atoms in total. The quantitative estimate of drug-likeness (QED) is 0.781. The second kappa shape index (κ2) is 4.82. The third kappa shape index (κ3) is 1.81. The van der Waals surface area contributed by atoms with Gasteiger partial charge in [-0.15, -0.1) is 0 Å². The van der Waals surface area contributed by atoms with Crippen LogP contribution in [0.2, 0.25) is 0 Å². The lowest BCUT2D eigenvalue weighted by Gasteiger charge is -2.50. The normalized spacial score (nSPS) is 39.7. The van der Waals surface area contributed by atoms with E-state index in [2.05, 4.69) is 6.92 Å². The number of fused-ring (bicyclic) bond motifs is 5. The van der Waals surface area contributed by atoms with E-state index >= 15 is 0 Å². The van der Waals surface area contributed by atoms with Crippen molar-refractivity contribution in [1.29, 1.82) is 0 Å². The molecule has 0 saturated heterocycles. The van der Waals surface area contributed by atoms with Crippen molar-refractivity contribution in [3.8, 4) is 5.75 Å². The molecule has 0 amide bonds. The number of aryl methyl sites for hydroxylation is 1. The van der Waals surface area contributed by atoms with Gasteiger partial charge in [0.05, 0.1) is 11.7 Å². The molecule has 3 aliphatic rings. The molecule has 0 aliphatic heterocycles. The number of aromatic hydroxyl groups is 1. The maximum atomic E-state index is 11.2. The molecule has 0 heterocycles. The van der Waals surface area contributed by atoms with E-state index < -0.39 is 0 Å². The van der Waals surface area contributed by atoms with Crippen molar-refractivity contribution < 1.29 is 15.0 Å². The van der Waals surface area contributed by atoms with Crippen LogP contribution in [0.15, 0.2) is 12.1 Å². The Kier molecular flexibility index (Phi) is 3.12. The largest absolute Gasteiger partial charge is 0.507 e. The number of aldehydes is 1. The highest BCUT2D eigenvalue weighted by molar-refractivity contribution is 5.80. The highest BCUT2D eigenvalue weighted by Crippen LogP contribution is 2.61. The van der Waals surface area contributed by atoms with E-state index in [4.69, 9.17) is 0 Å². The summed E-state index contributed by atoms with van der Waals surface area (Å²) in [6, 6.07) is 3.72. The molecular weight excluding hydrogens is 276 g/mol. The molecule has 118 valence electrons. The van der Waals surface area contributed by atoms with Gasteiger partial charge in [-0.1, -0.05) is 6.92 Å². The Morgan fingerprint density at radius 1 is 1.23 bits per heavy atom. The van der Waals surface area contributed by atoms with Gasteiger partial charge in [-0.05, 0) is 85.0 Å². The number of hydrogen-bond donors (Lipinski definition) is 2. The van der Waals surface area contributed by atoms with Crippen LogP contribution in [0.4, 0.5) is 0 Å². The predicted octanol–water partition coefficient (Wildman–Crippen LogP) is 3.42. The summed E-state index contributed by atoms with van der Waals surface area (Å²) in [4.78, 5) is 11.2. The van der Waals surface area contributed by atoms with Gasteiger partial charge in [-0.25, -0.2) is 0 Å². The average molecular weight is 300 g/mol. The first-order chi connectivity index (χ1) is 10.5. The van der Waals surface area contributed by atoms with E-state index in [1.54, 1.807) is 6.07 Å². The van der Waals surface area contributed by atoms with Gasteiger partial charge in [0.2, 0.25) is 0 Å². The van der Waals surface area contributed by atoms with Crippen LogP contribution in [-0.2, 0) is 6.42 Å². The second-order valence-electron chi connectivity index (χ2n) is 7.78. The van der Waals surface area contributed by atoms with Gasteiger partial charge in [0, 0.05) is 0 Å². The van der Waals surface area contributed by atoms with Crippen LogP contribution in [0.25, 0.3) is 0 Å². The summed E-state index contributed by atoms with van der Waals surface area (Å²) in [6.07, 6.45) is 6.95. The van der Waals surface area contributed by atoms with Gasteiger partial charge >= 0.3 is 0 Å². The second-order valence-corrected chi connectivity index (χ2v) is 7.78. The molecule has 3 unspecified atom stereocenters. The van der Waals surface area contributed by atoms with Crippen molar-refractivity contribution in [2.45, 2.75) is 57.5 Å². The number of aliphatic hydroxyl groups excluding tert-OH is 1. The Morgan fingerprint density at radius 2 is 2.05 bits per heavy atom. The molecule has 3 aliphatic carbocycles. The Balaban J connectivity index is 1.74. The summed E-state index contributed by atoms with van der Waals surface area (Å²) >= 11 is 0. The SMILES string of the molecule is C[C@]12CCC3c4cc(C=O)c(O)cc4CCC3C1CC[C@@H]2O. The fourth-order valence-electron chi connectivity index (χ4n) is 5.69. The molecule has 5 atom stereocenters. The van der Waals surface area contributed by atoms with Crippen molar-refractivity contribution in [2.75, 3.05) is 0 Å². The smallest absolute Gasteiger partial charge is 0.153 e. The number of phenols is 1. The maximum Gasteiger partial charge on any atom is 0.153 e. The lowest BCUT2D eigenvalue weighted by molar-refractivity contribution is -0.0226. The first-order valence-electron chi connectivity index (χ1n) is 8.53. The zero-order valence-electron chi connectivity index (χ0n) is 13.1. The molecule has 3 heteroatoms. The number of aliphatic hydroxyl groups is 1. The molecule has 22 heavy (non-hydrogen) atoms. The molecule has 0 aromatic heterocycles. The third-order valence-electron chi connectivity index (χ3n) is 6.95. The van der Waals surface area contributed by atoms with Gasteiger partial charge in [0.25, 0.3) is 0 Å². The fourth-order valence-corrected chi connectivity index (χ4v) is 5.69. The van der Waals surface area contributed by atoms with Crippen LogP contribution in [0.5, 0.6) is 5.75 Å². The molecule has 4 rings (SSSR count). The molecule has 2 N–H and O–H groups in total. The number of rotatable bonds is 1. The van der Waals surface area contributed by atoms with Crippen LogP contribution in [-0.4, -0.2) is 22.6 Å². The van der Waals surface area contributed by atoms with Crippen LogP contribution in [0, 0.1) is 17.3 Å². The van der Waals surface area contributed by atoms with Crippen molar-refractivity contribution in [1.82, 2.24) is 0 Å². The molecule has 0 spiro atoms. The summed E-state index contributed by atoms with van der Waals surface area (Å²) in [7, 11) is 0. The van der Waals surface area contributed by atoms with E-state index in [0.29, 0.717) is 23.3 Å². The number of hydrogen-bond acceptors (Lipinski definition) is 3. The van der Waals surface area contributed by atoms with Crippen LogP contribution in [0.3, 0.4) is 0 Å². The molecular formula is C19H24O3. The Bertz CT molecular complexity index is 623. The lowest BCUT2D eigenvalue weighted by Crippen LogP contribution is -2.43. The Hall–Kier alpha value is -1.35. The Labute approximate surface area is 131 Å². The molecule has 2 saturated carbocycles. The average Bonchev–Trinajstić information content (AvgIpc) is 2.82. The van der Waals surface area contributed by atoms with Gasteiger partial charge in [0.1, 0.15) is 5.75 Å². The number of phenolic OH excluding ortho intramolecular Hbond substituents is 1. The lowest BCUT2D eigenvalue weighted by atomic mass is 9.55. The van der Waals surface area contributed by atoms with E-state index in [1.165, 1.54) is 11.1 Å². The standard InChI is InChI=1S/C19H24O3/c1-19-7-6-13-14(16(19)4-5-18(19)22)3-2-11-9-17(21)12(10-20)8-15(11)13/h8-10,13-14,16,18,21-22H,2-7H2,1H3/t13?,14?,16?,18-,19-/m0/s1. The molecule has 1 aromatic rings. The van der Waals surface area contributed by atoms with Crippen LogP contribution < -0.4 is 0 Å². The van der Waals surface area contributed by atoms with E-state index in [-0.39, 0.29) is 17.3 Å². The zero-order valence-corrected chi connectivity index (χ0v) is 13.1. The minimum Gasteiger partial charge on any atom is -0.507 e. The number of benzene rings is 1. The first kappa shape index (κ1) is 14.3. The van der Waals surface area contributed by atoms with E-state index in [1.807, 2.05) is 6.07 Å². The van der Waals surface area contributed by atoms with Gasteiger partial charge in [-0.3, -0.25) is 4.79 Å².